The number of carbonyl (C=O) groups excluding carboxylic acids is 2. The minimum absolute atomic E-state index is 0.0134. The molecule has 1 aliphatic rings. The first-order valence-electron chi connectivity index (χ1n) is 8.74. The maximum atomic E-state index is 15.1. The van der Waals surface area contributed by atoms with Crippen LogP contribution >= 0.6 is 0 Å². The maximum Gasteiger partial charge on any atom is 0.414 e. The third kappa shape index (κ3) is 4.02. The van der Waals surface area contributed by atoms with Gasteiger partial charge in [-0.1, -0.05) is 30.3 Å². The fourth-order valence-corrected chi connectivity index (χ4v) is 4.07. The van der Waals surface area contributed by atoms with E-state index in [-0.39, 0.29) is 23.5 Å². The zero-order valence-corrected chi connectivity index (χ0v) is 16.4. The molecule has 0 saturated carbocycles. The Morgan fingerprint density at radius 2 is 2.06 bits per heavy atom. The van der Waals surface area contributed by atoms with Gasteiger partial charge in [0.05, 0.1) is 0 Å². The molecule has 4 rings (SSSR count). The maximum absolute atomic E-state index is 15.1. The summed E-state index contributed by atoms with van der Waals surface area (Å²) in [7, 11) is -4.37. The Morgan fingerprint density at radius 1 is 1.32 bits per heavy atom. The number of phenolic OH excluding ortho intramolecular Hbond substituents is 1. The average Bonchev–Trinajstić information content (AvgIpc) is 2.99. The van der Waals surface area contributed by atoms with E-state index < -0.39 is 46.0 Å². The number of aromatic nitrogens is 2. The van der Waals surface area contributed by atoms with Gasteiger partial charge in [-0.15, -0.1) is 0 Å². The third-order valence-corrected chi connectivity index (χ3v) is 5.64. The fraction of sp³-hybridized carbons (Fsp3) is 0.111. The Bertz CT molecular complexity index is 1300. The van der Waals surface area contributed by atoms with Crippen LogP contribution in [0.25, 0.3) is 10.9 Å². The molecule has 13 heteroatoms. The summed E-state index contributed by atoms with van der Waals surface area (Å²) in [6.07, 6.45) is 0.239. The summed E-state index contributed by atoms with van der Waals surface area (Å²) in [6.45, 7) is -0.721. The van der Waals surface area contributed by atoms with Crippen molar-refractivity contribution in [1.29, 1.82) is 0 Å². The number of carbonyl (C=O) groups is 2. The smallest absolute Gasteiger partial charge is 0.414 e. The van der Waals surface area contributed by atoms with Gasteiger partial charge in [0, 0.05) is 11.6 Å². The van der Waals surface area contributed by atoms with Crippen molar-refractivity contribution < 1.29 is 32.2 Å². The molecule has 160 valence electrons. The van der Waals surface area contributed by atoms with Crippen LogP contribution in [0.4, 0.5) is 20.8 Å². The topological polar surface area (TPSA) is 151 Å². The van der Waals surface area contributed by atoms with Gasteiger partial charge in [-0.3, -0.25) is 10.1 Å². The summed E-state index contributed by atoms with van der Waals surface area (Å²) in [6, 6.07) is 9.94. The quantitative estimate of drug-likeness (QED) is 0.543. The summed E-state index contributed by atoms with van der Waals surface area (Å²) < 4.78 is 46.3. The first kappa shape index (κ1) is 20.3. The Kier molecular flexibility index (Phi) is 5.02. The summed E-state index contributed by atoms with van der Waals surface area (Å²) in [5.41, 5.74) is -0.379. The first-order chi connectivity index (χ1) is 14.7. The van der Waals surface area contributed by atoms with Crippen LogP contribution < -0.4 is 14.3 Å². The predicted molar refractivity (Wildman–Crippen MR) is 106 cm³/mol. The molecule has 0 unspecified atom stereocenters. The van der Waals surface area contributed by atoms with Crippen molar-refractivity contribution >= 4 is 44.7 Å². The van der Waals surface area contributed by atoms with E-state index >= 15 is 4.39 Å². The highest BCUT2D eigenvalue weighted by atomic mass is 32.2. The molecular weight excluding hydrogens is 433 g/mol. The molecule has 3 aromatic rings. The standard InChI is InChI=1S/C18H14FN5O6S/c19-14-15-11(6-12(25)16(14)24-8-13(26)23-31(24,28)29)7-20-17(21-15)22-18(27)30-9-10-4-2-1-3-5-10/h1-7,25H,8-9H2,(H,23,26)(H,20,21,22,27). The molecular formula is C18H14FN5O6S. The number of nitrogens with one attached hydrogen (secondary N) is 2. The van der Waals surface area contributed by atoms with Crippen molar-refractivity contribution in [1.82, 2.24) is 14.7 Å². The third-order valence-electron chi connectivity index (χ3n) is 4.26. The molecule has 1 saturated heterocycles. The van der Waals surface area contributed by atoms with Crippen molar-refractivity contribution in [3.05, 3.63) is 54.0 Å². The SMILES string of the molecule is O=C1CN(c2c(O)cc3cnc(NC(=O)OCc4ccccc4)nc3c2F)S(=O)(=O)N1. The van der Waals surface area contributed by atoms with Gasteiger partial charge in [-0.2, -0.15) is 8.42 Å². The summed E-state index contributed by atoms with van der Waals surface area (Å²) >= 11 is 0. The minimum Gasteiger partial charge on any atom is -0.506 e. The Hall–Kier alpha value is -4.00. The summed E-state index contributed by atoms with van der Waals surface area (Å²) in [4.78, 5) is 31.1. The van der Waals surface area contributed by atoms with Crippen molar-refractivity contribution in [2.24, 2.45) is 0 Å². The number of aromatic hydroxyl groups is 1. The largest absolute Gasteiger partial charge is 0.506 e. The van der Waals surface area contributed by atoms with Gasteiger partial charge >= 0.3 is 16.3 Å². The van der Waals surface area contributed by atoms with Crippen LogP contribution in [0.3, 0.4) is 0 Å². The number of amides is 2. The van der Waals surface area contributed by atoms with E-state index in [9.17, 15) is 23.1 Å². The summed E-state index contributed by atoms with van der Waals surface area (Å²) in [5, 5.41) is 12.4. The molecule has 0 atom stereocenters. The Labute approximate surface area is 174 Å². The number of ether oxygens (including phenoxy) is 1. The highest BCUT2D eigenvalue weighted by Gasteiger charge is 2.38. The van der Waals surface area contributed by atoms with Crippen molar-refractivity contribution in [2.75, 3.05) is 16.2 Å². The van der Waals surface area contributed by atoms with Crippen LogP contribution in [0, 0.1) is 5.82 Å². The average molecular weight is 447 g/mol. The second-order valence-corrected chi connectivity index (χ2v) is 8.01. The van der Waals surface area contributed by atoms with E-state index in [0.29, 0.717) is 4.31 Å². The van der Waals surface area contributed by atoms with Gasteiger partial charge in [-0.05, 0) is 11.6 Å². The number of benzene rings is 2. The zero-order valence-electron chi connectivity index (χ0n) is 15.6. The normalized spacial score (nSPS) is 15.0. The van der Waals surface area contributed by atoms with Gasteiger partial charge in [0.2, 0.25) is 5.95 Å². The van der Waals surface area contributed by atoms with Crippen molar-refractivity contribution in [3.8, 4) is 5.75 Å². The van der Waals surface area contributed by atoms with Crippen molar-refractivity contribution in [2.45, 2.75) is 6.61 Å². The van der Waals surface area contributed by atoms with Gasteiger partial charge in [0.15, 0.2) is 5.82 Å². The lowest BCUT2D eigenvalue weighted by Crippen LogP contribution is -2.30. The molecule has 0 bridgehead atoms. The van der Waals surface area contributed by atoms with Crippen LogP contribution in [-0.2, 0) is 26.3 Å². The number of hydrogen-bond acceptors (Lipinski definition) is 8. The second kappa shape index (κ2) is 7.68. The number of hydrogen-bond donors (Lipinski definition) is 3. The lowest BCUT2D eigenvalue weighted by molar-refractivity contribution is -0.117. The van der Waals surface area contributed by atoms with Gasteiger partial charge in [-0.25, -0.2) is 28.2 Å². The molecule has 0 spiro atoms. The Balaban J connectivity index is 1.61. The monoisotopic (exact) mass is 447 g/mol. The first-order valence-corrected chi connectivity index (χ1v) is 10.2. The van der Waals surface area contributed by atoms with Crippen molar-refractivity contribution in [3.63, 3.8) is 0 Å². The molecule has 1 aliphatic heterocycles. The molecule has 31 heavy (non-hydrogen) atoms. The fourth-order valence-electron chi connectivity index (χ4n) is 2.91. The van der Waals surface area contributed by atoms with Crippen LogP contribution in [0.1, 0.15) is 5.56 Å². The lowest BCUT2D eigenvalue weighted by Gasteiger charge is -2.17. The predicted octanol–water partition coefficient (Wildman–Crippen LogP) is 1.40. The van der Waals surface area contributed by atoms with Gasteiger partial charge in [0.25, 0.3) is 5.91 Å². The molecule has 2 heterocycles. The van der Waals surface area contributed by atoms with E-state index in [1.807, 2.05) is 6.07 Å². The van der Waals surface area contributed by atoms with E-state index in [2.05, 4.69) is 15.3 Å². The number of fused-ring (bicyclic) bond motifs is 1. The van der Waals surface area contributed by atoms with E-state index in [1.165, 1.54) is 0 Å². The highest BCUT2D eigenvalue weighted by Crippen LogP contribution is 2.37. The zero-order chi connectivity index (χ0) is 22.2. The molecule has 1 aromatic heterocycles. The molecule has 1 fully saturated rings. The minimum atomic E-state index is -4.37. The van der Waals surface area contributed by atoms with Crippen LogP contribution in [0.2, 0.25) is 0 Å². The number of halogens is 1. The lowest BCUT2D eigenvalue weighted by atomic mass is 10.2. The van der Waals surface area contributed by atoms with E-state index in [4.69, 9.17) is 4.74 Å². The molecule has 3 N–H and O–H groups in total. The van der Waals surface area contributed by atoms with Gasteiger partial charge in [0.1, 0.15) is 30.1 Å². The number of anilines is 2. The highest BCUT2D eigenvalue weighted by molar-refractivity contribution is 7.92. The van der Waals surface area contributed by atoms with Crippen LogP contribution in [0.5, 0.6) is 5.75 Å². The molecule has 2 aromatic carbocycles. The molecule has 0 aliphatic carbocycles. The van der Waals surface area contributed by atoms with Gasteiger partial charge < -0.3 is 9.84 Å². The van der Waals surface area contributed by atoms with E-state index in [1.54, 1.807) is 29.0 Å². The number of rotatable bonds is 4. The van der Waals surface area contributed by atoms with Crippen LogP contribution in [-0.4, -0.2) is 42.0 Å². The molecule has 2 amide bonds. The van der Waals surface area contributed by atoms with E-state index in [0.717, 1.165) is 17.8 Å². The van der Waals surface area contributed by atoms with Crippen LogP contribution in [0.15, 0.2) is 42.6 Å². The molecule has 0 radical (unpaired) electrons. The number of nitrogens with zero attached hydrogens (tertiary/aromatic N) is 3. The Morgan fingerprint density at radius 3 is 2.74 bits per heavy atom. The summed E-state index contributed by atoms with van der Waals surface area (Å²) in [5.74, 6) is -3.13. The second-order valence-electron chi connectivity index (χ2n) is 6.41. The number of phenols is 1. The molecule has 11 nitrogen and oxygen atoms in total.